The predicted molar refractivity (Wildman–Crippen MR) is 100 cm³/mol. The summed E-state index contributed by atoms with van der Waals surface area (Å²) >= 11 is 6.12. The van der Waals surface area contributed by atoms with Crippen LogP contribution in [0, 0.1) is 6.92 Å². The number of rotatable bonds is 6. The molecule has 1 amide bonds. The van der Waals surface area contributed by atoms with E-state index in [4.69, 9.17) is 20.8 Å². The van der Waals surface area contributed by atoms with E-state index in [9.17, 15) is 4.79 Å². The Labute approximate surface area is 156 Å². The lowest BCUT2D eigenvalue weighted by Gasteiger charge is -2.13. The van der Waals surface area contributed by atoms with Crippen LogP contribution in [0.4, 0.5) is 11.5 Å². The molecule has 7 heteroatoms. The molecule has 2 aromatic heterocycles. The standard InChI is InChI=1S/C19H18ClN3O3/c1-12-8-16(17(25-2)9-15(12)20)23-18-6-5-13(10-21-18)19(24)22-11-14-4-3-7-26-14/h3-10H,11H2,1-2H3,(H,21,23)(H,22,24). The highest BCUT2D eigenvalue weighted by atomic mass is 35.5. The summed E-state index contributed by atoms with van der Waals surface area (Å²) in [6, 6.07) is 10.6. The Hall–Kier alpha value is -2.99. The number of furan rings is 1. The molecule has 0 fully saturated rings. The first kappa shape index (κ1) is 17.8. The van der Waals surface area contributed by atoms with E-state index in [1.54, 1.807) is 43.7 Å². The average Bonchev–Trinajstić information content (AvgIpc) is 3.17. The van der Waals surface area contributed by atoms with Crippen LogP contribution in [0.3, 0.4) is 0 Å². The van der Waals surface area contributed by atoms with Crippen molar-refractivity contribution in [1.29, 1.82) is 0 Å². The molecule has 6 nitrogen and oxygen atoms in total. The minimum atomic E-state index is -0.222. The van der Waals surface area contributed by atoms with Gasteiger partial charge in [-0.25, -0.2) is 4.98 Å². The van der Waals surface area contributed by atoms with Crippen molar-refractivity contribution >= 4 is 29.0 Å². The number of benzene rings is 1. The van der Waals surface area contributed by atoms with Gasteiger partial charge >= 0.3 is 0 Å². The summed E-state index contributed by atoms with van der Waals surface area (Å²) in [7, 11) is 1.58. The molecule has 134 valence electrons. The zero-order valence-corrected chi connectivity index (χ0v) is 15.1. The fourth-order valence-electron chi connectivity index (χ4n) is 2.35. The minimum Gasteiger partial charge on any atom is -0.495 e. The second-order valence-electron chi connectivity index (χ2n) is 5.62. The lowest BCUT2D eigenvalue weighted by Crippen LogP contribution is -2.22. The highest BCUT2D eigenvalue weighted by Crippen LogP contribution is 2.32. The first-order valence-corrected chi connectivity index (χ1v) is 8.32. The maximum absolute atomic E-state index is 12.1. The fraction of sp³-hybridized carbons (Fsp3) is 0.158. The molecular weight excluding hydrogens is 354 g/mol. The molecule has 3 aromatic rings. The highest BCUT2D eigenvalue weighted by Gasteiger charge is 2.10. The quantitative estimate of drug-likeness (QED) is 0.674. The van der Waals surface area contributed by atoms with Crippen LogP contribution in [0.15, 0.2) is 53.3 Å². The summed E-state index contributed by atoms with van der Waals surface area (Å²) < 4.78 is 10.5. The van der Waals surface area contributed by atoms with Crippen LogP contribution < -0.4 is 15.4 Å². The molecule has 0 spiro atoms. The molecule has 0 aliphatic heterocycles. The molecule has 1 aromatic carbocycles. The Morgan fingerprint density at radius 3 is 2.81 bits per heavy atom. The predicted octanol–water partition coefficient (Wildman–Crippen LogP) is 4.32. The van der Waals surface area contributed by atoms with Gasteiger partial charge in [-0.2, -0.15) is 0 Å². The topological polar surface area (TPSA) is 76.4 Å². The van der Waals surface area contributed by atoms with E-state index in [0.717, 1.165) is 11.3 Å². The first-order chi connectivity index (χ1) is 12.6. The van der Waals surface area contributed by atoms with Gasteiger partial charge in [-0.15, -0.1) is 0 Å². The third-order valence-electron chi connectivity index (χ3n) is 3.77. The maximum atomic E-state index is 12.1. The van der Waals surface area contributed by atoms with Crippen LogP contribution in [0.5, 0.6) is 5.75 Å². The fourth-order valence-corrected chi connectivity index (χ4v) is 2.51. The Morgan fingerprint density at radius 2 is 2.15 bits per heavy atom. The molecule has 0 atom stereocenters. The SMILES string of the molecule is COc1cc(Cl)c(C)cc1Nc1ccc(C(=O)NCc2ccco2)cn1. The van der Waals surface area contributed by atoms with Crippen molar-refractivity contribution < 1.29 is 13.9 Å². The summed E-state index contributed by atoms with van der Waals surface area (Å²) in [5.74, 6) is 1.67. The number of methoxy groups -OCH3 is 1. The van der Waals surface area contributed by atoms with Gasteiger partial charge in [0.05, 0.1) is 31.2 Å². The smallest absolute Gasteiger partial charge is 0.253 e. The summed E-state index contributed by atoms with van der Waals surface area (Å²) in [5, 5.41) is 6.57. The molecule has 0 saturated carbocycles. The molecule has 0 bridgehead atoms. The molecule has 0 aliphatic rings. The number of halogens is 1. The normalized spacial score (nSPS) is 10.4. The second kappa shape index (κ2) is 7.93. The number of aromatic nitrogens is 1. The Morgan fingerprint density at radius 1 is 1.31 bits per heavy atom. The van der Waals surface area contributed by atoms with Gasteiger partial charge in [-0.1, -0.05) is 11.6 Å². The van der Waals surface area contributed by atoms with E-state index in [0.29, 0.717) is 34.5 Å². The van der Waals surface area contributed by atoms with E-state index < -0.39 is 0 Å². The molecule has 0 aliphatic carbocycles. The third kappa shape index (κ3) is 4.15. The largest absolute Gasteiger partial charge is 0.495 e. The molecule has 2 N–H and O–H groups in total. The average molecular weight is 372 g/mol. The van der Waals surface area contributed by atoms with Crippen molar-refractivity contribution in [1.82, 2.24) is 10.3 Å². The number of nitrogens with zero attached hydrogens (tertiary/aromatic N) is 1. The Kier molecular flexibility index (Phi) is 5.43. The van der Waals surface area contributed by atoms with E-state index in [1.165, 1.54) is 6.20 Å². The van der Waals surface area contributed by atoms with Crippen LogP contribution in [-0.2, 0) is 6.54 Å². The summed E-state index contributed by atoms with van der Waals surface area (Å²) in [5.41, 5.74) is 2.13. The molecule has 0 radical (unpaired) electrons. The number of carbonyl (C=O) groups is 1. The number of pyridine rings is 1. The number of hydrogen-bond acceptors (Lipinski definition) is 5. The lowest BCUT2D eigenvalue weighted by molar-refractivity contribution is 0.0947. The number of carbonyl (C=O) groups excluding carboxylic acids is 1. The molecular formula is C19H18ClN3O3. The minimum absolute atomic E-state index is 0.222. The van der Waals surface area contributed by atoms with E-state index >= 15 is 0 Å². The number of ether oxygens (including phenoxy) is 1. The van der Waals surface area contributed by atoms with Gasteiger partial charge in [0.1, 0.15) is 17.3 Å². The molecule has 0 unspecified atom stereocenters. The molecule has 3 rings (SSSR count). The first-order valence-electron chi connectivity index (χ1n) is 7.94. The number of amides is 1. The number of hydrogen-bond donors (Lipinski definition) is 2. The van der Waals surface area contributed by atoms with Crippen molar-refractivity contribution in [3.05, 3.63) is 70.8 Å². The van der Waals surface area contributed by atoms with Crippen LogP contribution in [0.2, 0.25) is 5.02 Å². The zero-order chi connectivity index (χ0) is 18.5. The Balaban J connectivity index is 1.68. The van der Waals surface area contributed by atoms with Crippen LogP contribution in [0.1, 0.15) is 21.7 Å². The van der Waals surface area contributed by atoms with Gasteiger partial charge in [-0.3, -0.25) is 4.79 Å². The zero-order valence-electron chi connectivity index (χ0n) is 14.4. The van der Waals surface area contributed by atoms with E-state index in [2.05, 4.69) is 15.6 Å². The summed E-state index contributed by atoms with van der Waals surface area (Å²) in [6.07, 6.45) is 3.07. The van der Waals surface area contributed by atoms with Gasteiger partial charge in [0, 0.05) is 17.3 Å². The second-order valence-corrected chi connectivity index (χ2v) is 6.03. The van der Waals surface area contributed by atoms with Gasteiger partial charge in [-0.05, 0) is 42.8 Å². The van der Waals surface area contributed by atoms with Gasteiger partial charge < -0.3 is 19.8 Å². The van der Waals surface area contributed by atoms with Crippen molar-refractivity contribution in [2.24, 2.45) is 0 Å². The maximum Gasteiger partial charge on any atom is 0.253 e. The van der Waals surface area contributed by atoms with Crippen molar-refractivity contribution in [3.8, 4) is 5.75 Å². The summed E-state index contributed by atoms with van der Waals surface area (Å²) in [4.78, 5) is 16.4. The number of aryl methyl sites for hydroxylation is 1. The van der Waals surface area contributed by atoms with Gasteiger partial charge in [0.15, 0.2) is 0 Å². The number of anilines is 2. The van der Waals surface area contributed by atoms with E-state index in [-0.39, 0.29) is 5.91 Å². The molecule has 0 saturated heterocycles. The van der Waals surface area contributed by atoms with Crippen molar-refractivity contribution in [2.45, 2.75) is 13.5 Å². The van der Waals surface area contributed by atoms with Crippen molar-refractivity contribution in [2.75, 3.05) is 12.4 Å². The lowest BCUT2D eigenvalue weighted by atomic mass is 10.2. The van der Waals surface area contributed by atoms with Gasteiger partial charge in [0.2, 0.25) is 0 Å². The third-order valence-corrected chi connectivity index (χ3v) is 4.18. The number of nitrogens with one attached hydrogen (secondary N) is 2. The van der Waals surface area contributed by atoms with Crippen molar-refractivity contribution in [3.63, 3.8) is 0 Å². The monoisotopic (exact) mass is 371 g/mol. The molecule has 26 heavy (non-hydrogen) atoms. The van der Waals surface area contributed by atoms with Gasteiger partial charge in [0.25, 0.3) is 5.91 Å². The molecule has 2 heterocycles. The summed E-state index contributed by atoms with van der Waals surface area (Å²) in [6.45, 7) is 2.24. The highest BCUT2D eigenvalue weighted by molar-refractivity contribution is 6.31. The van der Waals surface area contributed by atoms with Crippen LogP contribution in [0.25, 0.3) is 0 Å². The Bertz CT molecular complexity index is 893. The van der Waals surface area contributed by atoms with Crippen LogP contribution in [-0.4, -0.2) is 18.0 Å². The van der Waals surface area contributed by atoms with E-state index in [1.807, 2.05) is 13.0 Å². The van der Waals surface area contributed by atoms with Crippen LogP contribution >= 0.6 is 11.6 Å².